The van der Waals surface area contributed by atoms with Crippen molar-refractivity contribution in [2.45, 2.75) is 45.6 Å². The predicted octanol–water partition coefficient (Wildman–Crippen LogP) is 1.79. The van der Waals surface area contributed by atoms with E-state index in [-0.39, 0.29) is 23.7 Å². The number of nitrogens with zero attached hydrogens (tertiary/aromatic N) is 1. The number of carbonyl (C=O) groups excluding carboxylic acids is 1. The maximum Gasteiger partial charge on any atom is 0.272 e. The molecule has 0 radical (unpaired) electrons. The highest BCUT2D eigenvalue weighted by molar-refractivity contribution is 5.94. The lowest BCUT2D eigenvalue weighted by atomic mass is 9.89. The van der Waals surface area contributed by atoms with Crippen molar-refractivity contribution in [3.8, 4) is 0 Å². The van der Waals surface area contributed by atoms with Crippen LogP contribution in [0.25, 0.3) is 0 Å². The number of hydrogen-bond acceptors (Lipinski definition) is 3. The first-order valence-electron chi connectivity index (χ1n) is 7.23. The fraction of sp³-hybridized carbons (Fsp3) is 0.714. The third kappa shape index (κ3) is 2.99. The third-order valence-corrected chi connectivity index (χ3v) is 4.51. The standard InChI is InChI=1S/C14H22N4O.ClH/c1-14(5-2-3-6-14)9-16-13(19)12-10-8-15-7-4-11(10)17-18-12;/h15H,2-9H2,1H3,(H,16,19)(H,17,18);1H. The van der Waals surface area contributed by atoms with Crippen molar-refractivity contribution >= 4 is 18.3 Å². The van der Waals surface area contributed by atoms with E-state index < -0.39 is 0 Å². The molecule has 1 aliphatic carbocycles. The molecule has 1 aromatic heterocycles. The van der Waals surface area contributed by atoms with Crippen LogP contribution in [0, 0.1) is 5.41 Å². The highest BCUT2D eigenvalue weighted by atomic mass is 35.5. The van der Waals surface area contributed by atoms with Gasteiger partial charge >= 0.3 is 0 Å². The Kier molecular flexibility index (Phi) is 4.70. The Labute approximate surface area is 125 Å². The summed E-state index contributed by atoms with van der Waals surface area (Å²) >= 11 is 0. The van der Waals surface area contributed by atoms with E-state index in [9.17, 15) is 4.79 Å². The molecule has 112 valence electrons. The molecule has 1 aromatic rings. The summed E-state index contributed by atoms with van der Waals surface area (Å²) in [6, 6.07) is 0. The highest BCUT2D eigenvalue weighted by Gasteiger charge is 2.30. The first-order chi connectivity index (χ1) is 9.18. The van der Waals surface area contributed by atoms with Crippen molar-refractivity contribution in [1.29, 1.82) is 0 Å². The summed E-state index contributed by atoms with van der Waals surface area (Å²) < 4.78 is 0. The Balaban J connectivity index is 0.00000147. The normalized spacial score (nSPS) is 20.1. The Morgan fingerprint density at radius 1 is 1.40 bits per heavy atom. The molecule has 0 bridgehead atoms. The van der Waals surface area contributed by atoms with Crippen LogP contribution >= 0.6 is 12.4 Å². The van der Waals surface area contributed by atoms with Gasteiger partial charge in [0.1, 0.15) is 0 Å². The Bertz CT molecular complexity index is 480. The van der Waals surface area contributed by atoms with Gasteiger partial charge in [-0.2, -0.15) is 5.10 Å². The van der Waals surface area contributed by atoms with Gasteiger partial charge in [0.15, 0.2) is 5.69 Å². The van der Waals surface area contributed by atoms with Crippen LogP contribution < -0.4 is 10.6 Å². The summed E-state index contributed by atoms with van der Waals surface area (Å²) in [7, 11) is 0. The van der Waals surface area contributed by atoms with Gasteiger partial charge in [0, 0.05) is 37.3 Å². The van der Waals surface area contributed by atoms with Crippen molar-refractivity contribution < 1.29 is 4.79 Å². The number of halogens is 1. The summed E-state index contributed by atoms with van der Waals surface area (Å²) in [4.78, 5) is 12.3. The Hall–Kier alpha value is -1.07. The van der Waals surface area contributed by atoms with E-state index in [1.807, 2.05) is 0 Å². The lowest BCUT2D eigenvalue weighted by Crippen LogP contribution is -2.35. The van der Waals surface area contributed by atoms with Gasteiger partial charge in [-0.15, -0.1) is 12.4 Å². The molecule has 1 amide bonds. The van der Waals surface area contributed by atoms with Crippen molar-refractivity contribution in [3.63, 3.8) is 0 Å². The molecule has 0 aromatic carbocycles. The van der Waals surface area contributed by atoms with E-state index in [0.717, 1.165) is 37.3 Å². The SMILES string of the molecule is CC1(CNC(=O)c2n[nH]c3c2CNCC3)CCCC1.Cl. The van der Waals surface area contributed by atoms with Crippen LogP contribution in [0.5, 0.6) is 0 Å². The highest BCUT2D eigenvalue weighted by Crippen LogP contribution is 2.36. The first kappa shape index (κ1) is 15.3. The van der Waals surface area contributed by atoms with Crippen LogP contribution in [0.15, 0.2) is 0 Å². The van der Waals surface area contributed by atoms with Crippen LogP contribution in [-0.4, -0.2) is 29.2 Å². The number of carbonyl (C=O) groups is 1. The van der Waals surface area contributed by atoms with Crippen LogP contribution in [0.4, 0.5) is 0 Å². The number of nitrogens with one attached hydrogen (secondary N) is 3. The molecule has 2 aliphatic rings. The molecule has 3 N–H and O–H groups in total. The minimum atomic E-state index is -0.0330. The summed E-state index contributed by atoms with van der Waals surface area (Å²) in [5.74, 6) is -0.0330. The van der Waals surface area contributed by atoms with Crippen LogP contribution in [-0.2, 0) is 13.0 Å². The van der Waals surface area contributed by atoms with Gasteiger partial charge in [-0.1, -0.05) is 19.8 Å². The molecular formula is C14H23ClN4O. The average Bonchev–Trinajstić information content (AvgIpc) is 3.03. The molecule has 5 nitrogen and oxygen atoms in total. The fourth-order valence-corrected chi connectivity index (χ4v) is 3.20. The van der Waals surface area contributed by atoms with Gasteiger partial charge in [-0.3, -0.25) is 9.89 Å². The molecule has 2 heterocycles. The molecule has 1 saturated carbocycles. The van der Waals surface area contributed by atoms with Crippen LogP contribution in [0.1, 0.15) is 54.4 Å². The second-order valence-electron chi connectivity index (χ2n) is 6.16. The lowest BCUT2D eigenvalue weighted by Gasteiger charge is -2.23. The second kappa shape index (κ2) is 6.14. The number of hydrogen-bond donors (Lipinski definition) is 3. The lowest BCUT2D eigenvalue weighted by molar-refractivity contribution is 0.0928. The number of aromatic nitrogens is 2. The van der Waals surface area contributed by atoms with E-state index in [1.165, 1.54) is 25.7 Å². The summed E-state index contributed by atoms with van der Waals surface area (Å²) in [5.41, 5.74) is 3.00. The van der Waals surface area contributed by atoms with Crippen molar-refractivity contribution in [1.82, 2.24) is 20.8 Å². The molecule has 0 unspecified atom stereocenters. The van der Waals surface area contributed by atoms with Crippen molar-refractivity contribution in [2.24, 2.45) is 5.41 Å². The molecule has 1 fully saturated rings. The zero-order valence-electron chi connectivity index (χ0n) is 11.9. The predicted molar refractivity (Wildman–Crippen MR) is 80.2 cm³/mol. The molecule has 0 saturated heterocycles. The number of H-pyrrole nitrogens is 1. The Morgan fingerprint density at radius 2 is 2.15 bits per heavy atom. The van der Waals surface area contributed by atoms with Gasteiger partial charge in [0.2, 0.25) is 0 Å². The third-order valence-electron chi connectivity index (χ3n) is 4.51. The molecule has 0 atom stereocenters. The number of rotatable bonds is 3. The van der Waals surface area contributed by atoms with Crippen molar-refractivity contribution in [3.05, 3.63) is 17.0 Å². The largest absolute Gasteiger partial charge is 0.350 e. The fourth-order valence-electron chi connectivity index (χ4n) is 3.20. The minimum Gasteiger partial charge on any atom is -0.350 e. The molecule has 0 spiro atoms. The van der Waals surface area contributed by atoms with E-state index in [0.29, 0.717) is 5.69 Å². The monoisotopic (exact) mass is 298 g/mol. The van der Waals surface area contributed by atoms with E-state index in [1.54, 1.807) is 0 Å². The van der Waals surface area contributed by atoms with Gasteiger partial charge in [-0.25, -0.2) is 0 Å². The molecule has 3 rings (SSSR count). The number of fused-ring (bicyclic) bond motifs is 1. The molecular weight excluding hydrogens is 276 g/mol. The topological polar surface area (TPSA) is 69.8 Å². The van der Waals surface area contributed by atoms with E-state index in [4.69, 9.17) is 0 Å². The van der Waals surface area contributed by atoms with Gasteiger partial charge < -0.3 is 10.6 Å². The van der Waals surface area contributed by atoms with Crippen molar-refractivity contribution in [2.75, 3.05) is 13.1 Å². The Morgan fingerprint density at radius 3 is 2.90 bits per heavy atom. The molecule has 1 aliphatic heterocycles. The summed E-state index contributed by atoms with van der Waals surface area (Å²) in [6.45, 7) is 4.73. The zero-order chi connectivity index (χ0) is 13.3. The quantitative estimate of drug-likeness (QED) is 0.797. The van der Waals surface area contributed by atoms with Crippen LogP contribution in [0.3, 0.4) is 0 Å². The smallest absolute Gasteiger partial charge is 0.272 e. The van der Waals surface area contributed by atoms with Gasteiger partial charge in [-0.05, 0) is 18.3 Å². The summed E-state index contributed by atoms with van der Waals surface area (Å²) in [5, 5.41) is 13.5. The number of aromatic amines is 1. The van der Waals surface area contributed by atoms with E-state index in [2.05, 4.69) is 27.8 Å². The molecule has 20 heavy (non-hydrogen) atoms. The zero-order valence-corrected chi connectivity index (χ0v) is 12.7. The first-order valence-corrected chi connectivity index (χ1v) is 7.23. The maximum absolute atomic E-state index is 12.3. The minimum absolute atomic E-state index is 0. The number of amides is 1. The maximum atomic E-state index is 12.3. The molecule has 6 heteroatoms. The van der Waals surface area contributed by atoms with Crippen LogP contribution in [0.2, 0.25) is 0 Å². The van der Waals surface area contributed by atoms with E-state index >= 15 is 0 Å². The second-order valence-corrected chi connectivity index (χ2v) is 6.16. The van der Waals surface area contributed by atoms with Gasteiger partial charge in [0.05, 0.1) is 0 Å². The average molecular weight is 299 g/mol. The van der Waals surface area contributed by atoms with Gasteiger partial charge in [0.25, 0.3) is 5.91 Å². The summed E-state index contributed by atoms with van der Waals surface area (Å²) in [6.07, 6.45) is 5.93.